The summed E-state index contributed by atoms with van der Waals surface area (Å²) in [6, 6.07) is 11.6. The Morgan fingerprint density at radius 2 is 1.83 bits per heavy atom. The first kappa shape index (κ1) is 13.3. The second-order valence-corrected chi connectivity index (χ2v) is 4.91. The molecule has 0 aromatic heterocycles. The Labute approximate surface area is 115 Å². The van der Waals surface area contributed by atoms with Crippen LogP contribution in [0.3, 0.4) is 0 Å². The Bertz CT molecular complexity index is 557. The quantitative estimate of drug-likeness (QED) is 0.889. The van der Waals surface area contributed by atoms with E-state index in [-0.39, 0.29) is 11.9 Å². The molecule has 0 amide bonds. The molecule has 0 fully saturated rings. The van der Waals surface area contributed by atoms with Gasteiger partial charge in [-0.15, -0.1) is 0 Å². The van der Waals surface area contributed by atoms with E-state index in [2.05, 4.69) is 0 Å². The van der Waals surface area contributed by atoms with Gasteiger partial charge in [-0.1, -0.05) is 47.5 Å². The molecule has 2 aromatic carbocycles. The third-order valence-corrected chi connectivity index (χ3v) is 3.34. The number of benzene rings is 2. The fraction of sp³-hybridized carbons (Fsp3) is 0.143. The number of nitrogens with two attached hydrogens (primary N) is 1. The summed E-state index contributed by atoms with van der Waals surface area (Å²) >= 11 is 11.8. The minimum atomic E-state index is -0.343. The second-order valence-electron chi connectivity index (χ2n) is 4.07. The summed E-state index contributed by atoms with van der Waals surface area (Å²) in [6.07, 6.45) is 0.382. The second kappa shape index (κ2) is 5.70. The summed E-state index contributed by atoms with van der Waals surface area (Å²) in [6.45, 7) is 0. The summed E-state index contributed by atoms with van der Waals surface area (Å²) in [4.78, 5) is 0. The zero-order chi connectivity index (χ0) is 13.1. The summed E-state index contributed by atoms with van der Waals surface area (Å²) in [5.41, 5.74) is 7.40. The third kappa shape index (κ3) is 3.02. The van der Waals surface area contributed by atoms with Gasteiger partial charge in [0, 0.05) is 16.1 Å². The molecule has 18 heavy (non-hydrogen) atoms. The molecule has 0 saturated heterocycles. The minimum Gasteiger partial charge on any atom is -0.324 e. The Balaban J connectivity index is 2.21. The van der Waals surface area contributed by atoms with Crippen LogP contribution in [-0.4, -0.2) is 0 Å². The summed E-state index contributed by atoms with van der Waals surface area (Å²) in [5.74, 6) is -0.343. The van der Waals surface area contributed by atoms with Gasteiger partial charge in [0.25, 0.3) is 0 Å². The van der Waals surface area contributed by atoms with Crippen LogP contribution in [0.1, 0.15) is 17.2 Å². The highest BCUT2D eigenvalue weighted by atomic mass is 35.5. The van der Waals surface area contributed by atoms with E-state index >= 15 is 0 Å². The highest BCUT2D eigenvalue weighted by Crippen LogP contribution is 2.25. The van der Waals surface area contributed by atoms with E-state index in [1.807, 2.05) is 18.2 Å². The zero-order valence-electron chi connectivity index (χ0n) is 9.54. The van der Waals surface area contributed by atoms with E-state index in [0.29, 0.717) is 22.0 Å². The molecular formula is C14H12Cl2FN. The highest BCUT2D eigenvalue weighted by Gasteiger charge is 2.13. The average Bonchev–Trinajstić information content (AvgIpc) is 2.33. The van der Waals surface area contributed by atoms with Crippen molar-refractivity contribution in [1.82, 2.24) is 0 Å². The Hall–Kier alpha value is -1.09. The standard InChI is InChI=1S/C14H12Cl2FN/c15-10-6-5-9(13(17)8-10)7-14(18)11-3-1-2-4-12(11)16/h1-6,8,14H,7,18H2. The highest BCUT2D eigenvalue weighted by molar-refractivity contribution is 6.31. The van der Waals surface area contributed by atoms with Crippen LogP contribution < -0.4 is 5.73 Å². The Morgan fingerprint density at radius 1 is 1.11 bits per heavy atom. The van der Waals surface area contributed by atoms with E-state index in [4.69, 9.17) is 28.9 Å². The molecule has 2 N–H and O–H groups in total. The summed E-state index contributed by atoms with van der Waals surface area (Å²) < 4.78 is 13.7. The van der Waals surface area contributed by atoms with E-state index in [0.717, 1.165) is 5.56 Å². The molecule has 0 aliphatic heterocycles. The van der Waals surface area contributed by atoms with Gasteiger partial charge in [-0.3, -0.25) is 0 Å². The van der Waals surface area contributed by atoms with Crippen LogP contribution in [0, 0.1) is 5.82 Å². The molecule has 0 saturated carbocycles. The van der Waals surface area contributed by atoms with Crippen molar-refractivity contribution in [2.75, 3.05) is 0 Å². The fourth-order valence-corrected chi connectivity index (χ4v) is 2.24. The Kier molecular flexibility index (Phi) is 4.23. The first-order chi connectivity index (χ1) is 8.58. The molecule has 4 heteroatoms. The molecule has 0 heterocycles. The molecule has 94 valence electrons. The monoisotopic (exact) mass is 283 g/mol. The van der Waals surface area contributed by atoms with Crippen LogP contribution >= 0.6 is 23.2 Å². The molecule has 1 atom stereocenters. The number of halogens is 3. The average molecular weight is 284 g/mol. The lowest BCUT2D eigenvalue weighted by Crippen LogP contribution is -2.14. The first-order valence-corrected chi connectivity index (χ1v) is 6.27. The number of hydrogen-bond donors (Lipinski definition) is 1. The van der Waals surface area contributed by atoms with Gasteiger partial charge < -0.3 is 5.73 Å². The molecular weight excluding hydrogens is 272 g/mol. The maximum atomic E-state index is 13.7. The van der Waals surface area contributed by atoms with Crippen molar-refractivity contribution in [2.45, 2.75) is 12.5 Å². The van der Waals surface area contributed by atoms with Gasteiger partial charge in [0.15, 0.2) is 0 Å². The SMILES string of the molecule is NC(Cc1ccc(Cl)cc1F)c1ccccc1Cl. The first-order valence-electron chi connectivity index (χ1n) is 5.52. The molecule has 0 bridgehead atoms. The normalized spacial score (nSPS) is 12.4. The van der Waals surface area contributed by atoms with Gasteiger partial charge in [-0.05, 0) is 35.7 Å². The maximum absolute atomic E-state index is 13.7. The van der Waals surface area contributed by atoms with Crippen LogP contribution in [0.25, 0.3) is 0 Å². The van der Waals surface area contributed by atoms with Crippen molar-refractivity contribution in [3.63, 3.8) is 0 Å². The van der Waals surface area contributed by atoms with Crippen molar-refractivity contribution in [3.8, 4) is 0 Å². The molecule has 2 aromatic rings. The smallest absolute Gasteiger partial charge is 0.127 e. The molecule has 0 radical (unpaired) electrons. The van der Waals surface area contributed by atoms with E-state index in [9.17, 15) is 4.39 Å². The molecule has 0 aliphatic rings. The largest absolute Gasteiger partial charge is 0.324 e. The molecule has 0 aliphatic carbocycles. The van der Waals surface area contributed by atoms with Crippen LogP contribution in [0.15, 0.2) is 42.5 Å². The predicted molar refractivity (Wildman–Crippen MR) is 73.5 cm³/mol. The summed E-state index contributed by atoms with van der Waals surface area (Å²) in [5, 5.41) is 0.974. The van der Waals surface area contributed by atoms with Crippen molar-refractivity contribution >= 4 is 23.2 Å². The third-order valence-electron chi connectivity index (χ3n) is 2.76. The predicted octanol–water partition coefficient (Wildman–Crippen LogP) is 4.38. The van der Waals surface area contributed by atoms with Crippen molar-refractivity contribution < 1.29 is 4.39 Å². The van der Waals surface area contributed by atoms with E-state index in [1.54, 1.807) is 18.2 Å². The maximum Gasteiger partial charge on any atom is 0.127 e. The van der Waals surface area contributed by atoms with Gasteiger partial charge in [0.05, 0.1) is 0 Å². The van der Waals surface area contributed by atoms with Gasteiger partial charge in [0.1, 0.15) is 5.82 Å². The Morgan fingerprint density at radius 3 is 2.50 bits per heavy atom. The lowest BCUT2D eigenvalue weighted by Gasteiger charge is -2.14. The number of rotatable bonds is 3. The minimum absolute atomic E-state index is 0.339. The van der Waals surface area contributed by atoms with E-state index < -0.39 is 0 Å². The lowest BCUT2D eigenvalue weighted by atomic mass is 9.99. The van der Waals surface area contributed by atoms with Gasteiger partial charge in [-0.2, -0.15) is 0 Å². The van der Waals surface area contributed by atoms with Gasteiger partial charge in [0.2, 0.25) is 0 Å². The molecule has 1 nitrogen and oxygen atoms in total. The number of hydrogen-bond acceptors (Lipinski definition) is 1. The van der Waals surface area contributed by atoms with Crippen molar-refractivity contribution in [2.24, 2.45) is 5.73 Å². The van der Waals surface area contributed by atoms with Crippen LogP contribution in [0.2, 0.25) is 10.0 Å². The molecule has 1 unspecified atom stereocenters. The van der Waals surface area contributed by atoms with Crippen molar-refractivity contribution in [1.29, 1.82) is 0 Å². The van der Waals surface area contributed by atoms with Gasteiger partial charge in [-0.25, -0.2) is 4.39 Å². The lowest BCUT2D eigenvalue weighted by molar-refractivity contribution is 0.593. The van der Waals surface area contributed by atoms with Crippen LogP contribution in [0.4, 0.5) is 4.39 Å². The topological polar surface area (TPSA) is 26.0 Å². The van der Waals surface area contributed by atoms with Crippen LogP contribution in [0.5, 0.6) is 0 Å². The fourth-order valence-electron chi connectivity index (χ4n) is 1.81. The molecule has 0 spiro atoms. The van der Waals surface area contributed by atoms with Crippen molar-refractivity contribution in [3.05, 3.63) is 69.5 Å². The zero-order valence-corrected chi connectivity index (χ0v) is 11.0. The van der Waals surface area contributed by atoms with E-state index in [1.165, 1.54) is 6.07 Å². The van der Waals surface area contributed by atoms with Gasteiger partial charge >= 0.3 is 0 Å². The molecule has 2 rings (SSSR count). The summed E-state index contributed by atoms with van der Waals surface area (Å²) in [7, 11) is 0. The van der Waals surface area contributed by atoms with Crippen LogP contribution in [-0.2, 0) is 6.42 Å².